The summed E-state index contributed by atoms with van der Waals surface area (Å²) in [5.41, 5.74) is 2.48. The molecule has 130 valence electrons. The Hall–Kier alpha value is -3.13. The van der Waals surface area contributed by atoms with Crippen LogP contribution in [0.3, 0.4) is 0 Å². The highest BCUT2D eigenvalue weighted by Gasteiger charge is 2.11. The third kappa shape index (κ3) is 3.60. The normalized spacial score (nSPS) is 11.0. The van der Waals surface area contributed by atoms with Gasteiger partial charge in [0.25, 0.3) is 0 Å². The number of hydrogen-bond acceptors (Lipinski definition) is 7. The van der Waals surface area contributed by atoms with Crippen molar-refractivity contribution in [2.75, 3.05) is 5.32 Å². The molecule has 4 aromatic rings. The molecule has 0 fully saturated rings. The van der Waals surface area contributed by atoms with Crippen molar-refractivity contribution >= 4 is 33.1 Å². The molecule has 0 saturated carbocycles. The van der Waals surface area contributed by atoms with Crippen LogP contribution in [0.1, 0.15) is 17.3 Å². The highest BCUT2D eigenvalue weighted by atomic mass is 32.1. The molecule has 0 bridgehead atoms. The summed E-state index contributed by atoms with van der Waals surface area (Å²) in [5.74, 6) is 0.791. The van der Waals surface area contributed by atoms with Crippen LogP contribution in [0.4, 0.5) is 5.69 Å². The van der Waals surface area contributed by atoms with Gasteiger partial charge in [0.05, 0.1) is 15.2 Å². The molecule has 0 spiro atoms. The zero-order valence-electron chi connectivity index (χ0n) is 14.0. The summed E-state index contributed by atoms with van der Waals surface area (Å²) < 4.78 is 6.26. The van der Waals surface area contributed by atoms with Crippen LogP contribution in [0.2, 0.25) is 0 Å². The molecule has 0 unspecified atom stereocenters. The van der Waals surface area contributed by atoms with Gasteiger partial charge < -0.3 is 9.84 Å². The fraction of sp³-hybridized carbons (Fsp3) is 0.167. The first-order valence-corrected chi connectivity index (χ1v) is 8.89. The number of benzene rings is 1. The quantitative estimate of drug-likeness (QED) is 0.580. The maximum Gasteiger partial charge on any atom is 0.227 e. The Bertz CT molecular complexity index is 1060. The van der Waals surface area contributed by atoms with Gasteiger partial charge in [-0.1, -0.05) is 5.16 Å². The highest BCUT2D eigenvalue weighted by Crippen LogP contribution is 2.24. The van der Waals surface area contributed by atoms with E-state index in [4.69, 9.17) is 4.52 Å². The molecule has 1 N–H and O–H groups in total. The van der Waals surface area contributed by atoms with Gasteiger partial charge in [-0.2, -0.15) is 4.98 Å². The minimum absolute atomic E-state index is 0.105. The van der Waals surface area contributed by atoms with Gasteiger partial charge in [0.1, 0.15) is 0 Å². The molecule has 3 aromatic heterocycles. The Morgan fingerprint density at radius 1 is 1.27 bits per heavy atom. The first-order chi connectivity index (χ1) is 12.7. The topological polar surface area (TPSA) is 93.8 Å². The van der Waals surface area contributed by atoms with Crippen molar-refractivity contribution in [3.05, 3.63) is 53.6 Å². The minimum atomic E-state index is -0.105. The molecule has 0 aliphatic carbocycles. The lowest BCUT2D eigenvalue weighted by molar-refractivity contribution is -0.116. The Balaban J connectivity index is 1.37. The number of rotatable bonds is 5. The fourth-order valence-corrected chi connectivity index (χ4v) is 3.40. The van der Waals surface area contributed by atoms with Gasteiger partial charge in [0.2, 0.25) is 17.6 Å². The molecule has 3 heterocycles. The Morgan fingerprint density at radius 2 is 2.19 bits per heavy atom. The molecule has 1 aromatic carbocycles. The van der Waals surface area contributed by atoms with E-state index in [9.17, 15) is 4.79 Å². The SMILES string of the molecule is Cc1nc2ccc(NC(=O)CCc3nc(-c4cccnc4)no3)cc2s1. The van der Waals surface area contributed by atoms with E-state index in [0.29, 0.717) is 18.1 Å². The second kappa shape index (κ2) is 7.01. The number of hydrogen-bond donors (Lipinski definition) is 1. The Kier molecular flexibility index (Phi) is 4.40. The van der Waals surface area contributed by atoms with Crippen LogP contribution in [-0.2, 0) is 11.2 Å². The lowest BCUT2D eigenvalue weighted by atomic mass is 10.2. The zero-order chi connectivity index (χ0) is 17.9. The number of pyridine rings is 1. The molecule has 0 atom stereocenters. The van der Waals surface area contributed by atoms with Gasteiger partial charge in [-0.15, -0.1) is 11.3 Å². The number of fused-ring (bicyclic) bond motifs is 1. The number of aryl methyl sites for hydroxylation is 2. The van der Waals surface area contributed by atoms with E-state index in [1.54, 1.807) is 29.8 Å². The van der Waals surface area contributed by atoms with Crippen LogP contribution in [0.5, 0.6) is 0 Å². The number of carbonyl (C=O) groups excluding carboxylic acids is 1. The zero-order valence-corrected chi connectivity index (χ0v) is 14.8. The van der Waals surface area contributed by atoms with Gasteiger partial charge in [0.15, 0.2) is 0 Å². The van der Waals surface area contributed by atoms with Crippen LogP contribution in [0.25, 0.3) is 21.6 Å². The van der Waals surface area contributed by atoms with Crippen molar-refractivity contribution in [1.82, 2.24) is 20.1 Å². The van der Waals surface area contributed by atoms with Gasteiger partial charge in [0, 0.05) is 36.5 Å². The van der Waals surface area contributed by atoms with Crippen molar-refractivity contribution in [1.29, 1.82) is 0 Å². The Morgan fingerprint density at radius 3 is 3.04 bits per heavy atom. The van der Waals surface area contributed by atoms with E-state index in [2.05, 4.69) is 25.4 Å². The van der Waals surface area contributed by atoms with Crippen molar-refractivity contribution in [2.24, 2.45) is 0 Å². The third-order valence-electron chi connectivity index (χ3n) is 3.73. The average Bonchev–Trinajstić information content (AvgIpc) is 3.26. The van der Waals surface area contributed by atoms with E-state index >= 15 is 0 Å². The molecular weight excluding hydrogens is 350 g/mol. The average molecular weight is 365 g/mol. The lowest BCUT2D eigenvalue weighted by Gasteiger charge is -2.03. The van der Waals surface area contributed by atoms with Crippen molar-refractivity contribution < 1.29 is 9.32 Å². The van der Waals surface area contributed by atoms with E-state index < -0.39 is 0 Å². The molecule has 0 aliphatic heterocycles. The number of aromatic nitrogens is 4. The van der Waals surface area contributed by atoms with Crippen molar-refractivity contribution in [2.45, 2.75) is 19.8 Å². The third-order valence-corrected chi connectivity index (χ3v) is 4.67. The number of anilines is 1. The smallest absolute Gasteiger partial charge is 0.227 e. The first kappa shape index (κ1) is 16.3. The van der Waals surface area contributed by atoms with Crippen LogP contribution in [-0.4, -0.2) is 26.0 Å². The molecule has 26 heavy (non-hydrogen) atoms. The Labute approximate surface area is 153 Å². The standard InChI is InChI=1S/C18H15N5O2S/c1-11-20-14-5-4-13(9-15(14)26-11)21-16(24)6-7-17-22-18(23-25-17)12-3-2-8-19-10-12/h2-5,8-10H,6-7H2,1H3,(H,21,24). The van der Waals surface area contributed by atoms with Gasteiger partial charge in [-0.25, -0.2) is 4.98 Å². The molecule has 4 rings (SSSR count). The predicted molar refractivity (Wildman–Crippen MR) is 98.8 cm³/mol. The monoisotopic (exact) mass is 365 g/mol. The van der Waals surface area contributed by atoms with Crippen LogP contribution < -0.4 is 5.32 Å². The van der Waals surface area contributed by atoms with Crippen LogP contribution in [0, 0.1) is 6.92 Å². The summed E-state index contributed by atoms with van der Waals surface area (Å²) in [6, 6.07) is 9.36. The lowest BCUT2D eigenvalue weighted by Crippen LogP contribution is -2.12. The number of carbonyl (C=O) groups is 1. The summed E-state index contributed by atoms with van der Waals surface area (Å²) in [5, 5.41) is 7.82. The van der Waals surface area contributed by atoms with Gasteiger partial charge in [-0.3, -0.25) is 9.78 Å². The first-order valence-electron chi connectivity index (χ1n) is 8.07. The summed E-state index contributed by atoms with van der Waals surface area (Å²) in [7, 11) is 0. The van der Waals surface area contributed by atoms with E-state index in [1.165, 1.54) is 0 Å². The summed E-state index contributed by atoms with van der Waals surface area (Å²) in [6.45, 7) is 1.97. The molecule has 1 amide bonds. The number of amides is 1. The molecule has 0 aliphatic rings. The largest absolute Gasteiger partial charge is 0.339 e. The number of nitrogens with one attached hydrogen (secondary N) is 1. The highest BCUT2D eigenvalue weighted by molar-refractivity contribution is 7.18. The maximum absolute atomic E-state index is 12.2. The fourth-order valence-electron chi connectivity index (χ4n) is 2.53. The number of thiazole rings is 1. The molecule has 8 heteroatoms. The van der Waals surface area contributed by atoms with Gasteiger partial charge >= 0.3 is 0 Å². The van der Waals surface area contributed by atoms with Crippen molar-refractivity contribution in [3.8, 4) is 11.4 Å². The summed E-state index contributed by atoms with van der Waals surface area (Å²) >= 11 is 1.60. The van der Waals surface area contributed by atoms with Gasteiger partial charge in [-0.05, 0) is 37.3 Å². The second-order valence-corrected chi connectivity index (χ2v) is 6.95. The van der Waals surface area contributed by atoms with Crippen LogP contribution in [0.15, 0.2) is 47.2 Å². The summed E-state index contributed by atoms with van der Waals surface area (Å²) in [4.78, 5) is 24.9. The minimum Gasteiger partial charge on any atom is -0.339 e. The van der Waals surface area contributed by atoms with Crippen LogP contribution >= 0.6 is 11.3 Å². The molecule has 7 nitrogen and oxygen atoms in total. The molecular formula is C18H15N5O2S. The predicted octanol–water partition coefficient (Wildman–Crippen LogP) is 3.62. The van der Waals surface area contributed by atoms with E-state index in [1.807, 2.05) is 31.2 Å². The summed E-state index contributed by atoms with van der Waals surface area (Å²) in [6.07, 6.45) is 3.98. The van der Waals surface area contributed by atoms with E-state index in [-0.39, 0.29) is 12.3 Å². The molecule has 0 saturated heterocycles. The van der Waals surface area contributed by atoms with Crippen molar-refractivity contribution in [3.63, 3.8) is 0 Å². The maximum atomic E-state index is 12.2. The number of nitrogens with zero attached hydrogens (tertiary/aromatic N) is 4. The van der Waals surface area contributed by atoms with E-state index in [0.717, 1.165) is 26.5 Å². The molecule has 0 radical (unpaired) electrons. The second-order valence-electron chi connectivity index (χ2n) is 5.72.